The summed E-state index contributed by atoms with van der Waals surface area (Å²) in [5, 5.41) is 13.7. The Morgan fingerprint density at radius 1 is 1.19 bits per heavy atom. The molecule has 2 amide bonds. The molecule has 0 radical (unpaired) electrons. The van der Waals surface area contributed by atoms with E-state index in [4.69, 9.17) is 11.6 Å². The van der Waals surface area contributed by atoms with Crippen molar-refractivity contribution in [3.05, 3.63) is 69.2 Å². The number of benzene rings is 2. The van der Waals surface area contributed by atoms with Gasteiger partial charge in [0.1, 0.15) is 0 Å². The number of non-ortho nitro benzene ring substituents is 1. The molecule has 1 aliphatic heterocycles. The van der Waals surface area contributed by atoms with Crippen LogP contribution in [0, 0.1) is 10.1 Å². The number of nitro benzene ring substituents is 1. The van der Waals surface area contributed by atoms with Crippen molar-refractivity contribution in [3.8, 4) is 0 Å². The van der Waals surface area contributed by atoms with Crippen molar-refractivity contribution in [2.24, 2.45) is 0 Å². The van der Waals surface area contributed by atoms with E-state index in [2.05, 4.69) is 17.1 Å². The fourth-order valence-corrected chi connectivity index (χ4v) is 4.19. The minimum atomic E-state index is -0.532. The van der Waals surface area contributed by atoms with Crippen LogP contribution in [0.5, 0.6) is 0 Å². The van der Waals surface area contributed by atoms with Crippen LogP contribution >= 0.6 is 11.6 Å². The molecule has 2 aromatic rings. The van der Waals surface area contributed by atoms with Gasteiger partial charge in [-0.2, -0.15) is 0 Å². The number of hydrogen-bond donors (Lipinski definition) is 1. The Morgan fingerprint density at radius 3 is 2.47 bits per heavy atom. The Hall–Kier alpha value is -2.97. The van der Waals surface area contributed by atoms with Gasteiger partial charge in [0.05, 0.1) is 22.2 Å². The van der Waals surface area contributed by atoms with Crippen LogP contribution in [-0.4, -0.2) is 58.8 Å². The number of piperidine rings is 1. The number of nitrogens with zero attached hydrogens (tertiary/aromatic N) is 3. The van der Waals surface area contributed by atoms with Crippen molar-refractivity contribution < 1.29 is 14.5 Å². The number of carbonyl (C=O) groups is 2. The summed E-state index contributed by atoms with van der Waals surface area (Å²) in [7, 11) is 0. The lowest BCUT2D eigenvalue weighted by Gasteiger charge is -2.38. The van der Waals surface area contributed by atoms with Gasteiger partial charge >= 0.3 is 0 Å². The van der Waals surface area contributed by atoms with E-state index < -0.39 is 4.92 Å². The fourth-order valence-electron chi connectivity index (χ4n) is 3.97. The summed E-state index contributed by atoms with van der Waals surface area (Å²) in [6.45, 7) is 4.31. The third kappa shape index (κ3) is 6.05. The standard InChI is InChI=1S/C23H27ClN4O4/c1-2-12-27(16-22(29)25-21-9-8-19(28(31)32)15-20(21)24)18-10-13-26(14-11-18)23(30)17-6-4-3-5-7-17/h3-9,15,18H,2,10-14,16H2,1H3,(H,25,29). The molecule has 0 saturated carbocycles. The van der Waals surface area contributed by atoms with Crippen LogP contribution in [0.3, 0.4) is 0 Å². The van der Waals surface area contributed by atoms with Crippen LogP contribution in [0.25, 0.3) is 0 Å². The number of anilines is 1. The molecule has 8 nitrogen and oxygen atoms in total. The average Bonchev–Trinajstić information content (AvgIpc) is 2.80. The van der Waals surface area contributed by atoms with E-state index in [1.54, 1.807) is 0 Å². The van der Waals surface area contributed by atoms with Crippen molar-refractivity contribution in [1.82, 2.24) is 9.80 Å². The minimum absolute atomic E-state index is 0.0386. The topological polar surface area (TPSA) is 95.8 Å². The molecular weight excluding hydrogens is 432 g/mol. The van der Waals surface area contributed by atoms with Gasteiger partial charge in [-0.1, -0.05) is 36.7 Å². The quantitative estimate of drug-likeness (QED) is 0.472. The summed E-state index contributed by atoms with van der Waals surface area (Å²) in [6, 6.07) is 13.4. The van der Waals surface area contributed by atoms with Crippen molar-refractivity contribution >= 4 is 34.8 Å². The van der Waals surface area contributed by atoms with Crippen LogP contribution in [0.2, 0.25) is 5.02 Å². The highest BCUT2D eigenvalue weighted by Gasteiger charge is 2.28. The van der Waals surface area contributed by atoms with Gasteiger partial charge in [-0.25, -0.2) is 0 Å². The van der Waals surface area contributed by atoms with Crippen molar-refractivity contribution in [2.75, 3.05) is 31.5 Å². The van der Waals surface area contributed by atoms with E-state index >= 15 is 0 Å². The first kappa shape index (κ1) is 23.7. The maximum Gasteiger partial charge on any atom is 0.271 e. The molecule has 0 bridgehead atoms. The monoisotopic (exact) mass is 458 g/mol. The van der Waals surface area contributed by atoms with Gasteiger partial charge in [-0.3, -0.25) is 24.6 Å². The second-order valence-corrected chi connectivity index (χ2v) is 8.24. The first-order valence-corrected chi connectivity index (χ1v) is 11.1. The lowest BCUT2D eigenvalue weighted by Crippen LogP contribution is -2.49. The van der Waals surface area contributed by atoms with E-state index in [1.165, 1.54) is 18.2 Å². The molecule has 9 heteroatoms. The number of nitro groups is 1. The average molecular weight is 459 g/mol. The first-order valence-electron chi connectivity index (χ1n) is 10.7. The second-order valence-electron chi connectivity index (χ2n) is 7.83. The molecule has 0 unspecified atom stereocenters. The second kappa shape index (κ2) is 11.1. The highest BCUT2D eigenvalue weighted by molar-refractivity contribution is 6.34. The van der Waals surface area contributed by atoms with Crippen LogP contribution in [0.15, 0.2) is 48.5 Å². The van der Waals surface area contributed by atoms with E-state index in [0.29, 0.717) is 24.3 Å². The van der Waals surface area contributed by atoms with Gasteiger partial charge in [0.15, 0.2) is 0 Å². The third-order valence-corrected chi connectivity index (χ3v) is 5.90. The molecule has 1 aliphatic rings. The van der Waals surface area contributed by atoms with Gasteiger partial charge in [-0.15, -0.1) is 0 Å². The summed E-state index contributed by atoms with van der Waals surface area (Å²) in [5.74, 6) is -0.186. The number of rotatable bonds is 8. The molecular formula is C23H27ClN4O4. The van der Waals surface area contributed by atoms with Crippen LogP contribution in [0.1, 0.15) is 36.5 Å². The summed E-state index contributed by atoms with van der Waals surface area (Å²) >= 11 is 6.09. The number of amides is 2. The number of carbonyl (C=O) groups excluding carboxylic acids is 2. The van der Waals surface area contributed by atoms with Gasteiger partial charge < -0.3 is 10.2 Å². The molecule has 3 rings (SSSR count). The minimum Gasteiger partial charge on any atom is -0.339 e. The molecule has 32 heavy (non-hydrogen) atoms. The van der Waals surface area contributed by atoms with Crippen molar-refractivity contribution in [3.63, 3.8) is 0 Å². The zero-order valence-electron chi connectivity index (χ0n) is 18.0. The lowest BCUT2D eigenvalue weighted by molar-refractivity contribution is -0.384. The van der Waals surface area contributed by atoms with Gasteiger partial charge in [0.25, 0.3) is 11.6 Å². The van der Waals surface area contributed by atoms with E-state index in [1.807, 2.05) is 35.2 Å². The summed E-state index contributed by atoms with van der Waals surface area (Å²) in [5.41, 5.74) is 0.912. The Kier molecular flexibility index (Phi) is 8.19. The lowest BCUT2D eigenvalue weighted by atomic mass is 10.0. The third-order valence-electron chi connectivity index (χ3n) is 5.58. The number of likely N-dealkylation sites (tertiary alicyclic amines) is 1. The zero-order chi connectivity index (χ0) is 23.1. The van der Waals surface area contributed by atoms with Gasteiger partial charge in [0.2, 0.25) is 5.91 Å². The molecule has 1 saturated heterocycles. The molecule has 170 valence electrons. The van der Waals surface area contributed by atoms with Crippen LogP contribution in [-0.2, 0) is 4.79 Å². The SMILES string of the molecule is CCCN(CC(=O)Nc1ccc([N+](=O)[O-])cc1Cl)C1CCN(C(=O)c2ccccc2)CC1. The van der Waals surface area contributed by atoms with E-state index in [-0.39, 0.29) is 35.1 Å². The molecule has 0 atom stereocenters. The molecule has 2 aromatic carbocycles. The Balaban J connectivity index is 1.57. The molecule has 0 spiro atoms. The molecule has 0 aromatic heterocycles. The fraction of sp³-hybridized carbons (Fsp3) is 0.391. The van der Waals surface area contributed by atoms with Crippen LogP contribution in [0.4, 0.5) is 11.4 Å². The number of hydrogen-bond acceptors (Lipinski definition) is 5. The molecule has 1 heterocycles. The van der Waals surface area contributed by atoms with E-state index in [0.717, 1.165) is 25.8 Å². The highest BCUT2D eigenvalue weighted by Crippen LogP contribution is 2.27. The van der Waals surface area contributed by atoms with E-state index in [9.17, 15) is 19.7 Å². The Labute approximate surface area is 192 Å². The predicted molar refractivity (Wildman–Crippen MR) is 124 cm³/mol. The highest BCUT2D eigenvalue weighted by atomic mass is 35.5. The largest absolute Gasteiger partial charge is 0.339 e. The molecule has 1 fully saturated rings. The molecule has 0 aliphatic carbocycles. The molecule has 1 N–H and O–H groups in total. The summed E-state index contributed by atoms with van der Waals surface area (Å²) in [4.78, 5) is 39.7. The van der Waals surface area contributed by atoms with Gasteiger partial charge in [0, 0.05) is 36.8 Å². The first-order chi connectivity index (χ1) is 15.4. The Bertz CT molecular complexity index is 962. The van der Waals surface area contributed by atoms with Gasteiger partial charge in [-0.05, 0) is 44.0 Å². The summed E-state index contributed by atoms with van der Waals surface area (Å²) < 4.78 is 0. The van der Waals surface area contributed by atoms with Crippen molar-refractivity contribution in [2.45, 2.75) is 32.2 Å². The van der Waals surface area contributed by atoms with Crippen LogP contribution < -0.4 is 5.32 Å². The normalized spacial score (nSPS) is 14.4. The number of nitrogens with one attached hydrogen (secondary N) is 1. The zero-order valence-corrected chi connectivity index (χ0v) is 18.8. The van der Waals surface area contributed by atoms with Crippen molar-refractivity contribution in [1.29, 1.82) is 0 Å². The maximum atomic E-state index is 12.7. The predicted octanol–water partition coefficient (Wildman–Crippen LogP) is 4.20. The summed E-state index contributed by atoms with van der Waals surface area (Å²) in [6.07, 6.45) is 2.49. The Morgan fingerprint density at radius 2 is 1.88 bits per heavy atom. The smallest absolute Gasteiger partial charge is 0.271 e. The number of halogens is 1. The maximum absolute atomic E-state index is 12.7.